The first-order valence-corrected chi connectivity index (χ1v) is 6.32. The van der Waals surface area contributed by atoms with E-state index in [1.165, 1.54) is 0 Å². The molecule has 5 heteroatoms. The second-order valence-corrected chi connectivity index (χ2v) is 5.09. The molecule has 1 unspecified atom stereocenters. The van der Waals surface area contributed by atoms with Crippen LogP contribution in [0, 0.1) is 11.3 Å². The summed E-state index contributed by atoms with van der Waals surface area (Å²) in [5.41, 5.74) is 0.913. The quantitative estimate of drug-likeness (QED) is 0.931. The molecular weight excluding hydrogens is 284 g/mol. The summed E-state index contributed by atoms with van der Waals surface area (Å²) in [5.74, 6) is 1.42. The largest absolute Gasteiger partial charge is 0.454 e. The van der Waals surface area contributed by atoms with Crippen molar-refractivity contribution < 1.29 is 9.47 Å². The highest BCUT2D eigenvalue weighted by atomic mass is 79.9. The van der Waals surface area contributed by atoms with E-state index in [1.807, 2.05) is 12.1 Å². The van der Waals surface area contributed by atoms with Gasteiger partial charge in [-0.2, -0.15) is 5.26 Å². The molecule has 1 fully saturated rings. The van der Waals surface area contributed by atoms with Crippen molar-refractivity contribution in [2.75, 3.05) is 6.79 Å². The Morgan fingerprint density at radius 3 is 2.94 bits per heavy atom. The fourth-order valence-electron chi connectivity index (χ4n) is 1.85. The van der Waals surface area contributed by atoms with Crippen molar-refractivity contribution in [3.05, 3.63) is 22.2 Å². The number of ether oxygens (including phenoxy) is 2. The Morgan fingerprint density at radius 1 is 1.41 bits per heavy atom. The number of hydrogen-bond acceptors (Lipinski definition) is 4. The van der Waals surface area contributed by atoms with Gasteiger partial charge >= 0.3 is 0 Å². The van der Waals surface area contributed by atoms with E-state index >= 15 is 0 Å². The van der Waals surface area contributed by atoms with Gasteiger partial charge in [0.1, 0.15) is 6.04 Å². The number of nitrogens with zero attached hydrogens (tertiary/aromatic N) is 1. The number of halogens is 1. The van der Waals surface area contributed by atoms with Crippen LogP contribution >= 0.6 is 15.9 Å². The predicted octanol–water partition coefficient (Wildman–Crippen LogP) is 2.49. The van der Waals surface area contributed by atoms with Crippen LogP contribution in [0.15, 0.2) is 16.6 Å². The second kappa shape index (κ2) is 4.21. The number of hydrogen-bond donors (Lipinski definition) is 1. The number of rotatable bonds is 3. The zero-order valence-corrected chi connectivity index (χ0v) is 10.7. The van der Waals surface area contributed by atoms with Crippen LogP contribution in [0.3, 0.4) is 0 Å². The molecule has 0 bridgehead atoms. The maximum Gasteiger partial charge on any atom is 0.231 e. The molecule has 2 aliphatic rings. The third kappa shape index (κ3) is 2.11. The highest BCUT2D eigenvalue weighted by Gasteiger charge is 2.27. The van der Waals surface area contributed by atoms with Gasteiger partial charge in [0.15, 0.2) is 11.5 Å². The molecule has 88 valence electrons. The van der Waals surface area contributed by atoms with Crippen LogP contribution in [-0.2, 0) is 0 Å². The molecule has 1 N–H and O–H groups in total. The molecule has 0 spiro atoms. The van der Waals surface area contributed by atoms with Crippen LogP contribution in [0.4, 0.5) is 0 Å². The van der Waals surface area contributed by atoms with Gasteiger partial charge in [-0.1, -0.05) is 0 Å². The third-order valence-corrected chi connectivity index (χ3v) is 3.48. The maximum absolute atomic E-state index is 9.20. The molecule has 0 radical (unpaired) electrons. The molecule has 1 aliphatic carbocycles. The van der Waals surface area contributed by atoms with Crippen LogP contribution in [-0.4, -0.2) is 12.8 Å². The molecular formula is C12H11BrN2O2. The molecule has 1 saturated carbocycles. The van der Waals surface area contributed by atoms with Gasteiger partial charge in [0.25, 0.3) is 0 Å². The van der Waals surface area contributed by atoms with E-state index in [-0.39, 0.29) is 12.8 Å². The molecule has 17 heavy (non-hydrogen) atoms. The van der Waals surface area contributed by atoms with Gasteiger partial charge in [-0.3, -0.25) is 5.32 Å². The Labute approximate surface area is 108 Å². The van der Waals surface area contributed by atoms with E-state index in [2.05, 4.69) is 27.3 Å². The van der Waals surface area contributed by atoms with Gasteiger partial charge in [-0.05, 0) is 46.5 Å². The van der Waals surface area contributed by atoms with Crippen molar-refractivity contribution in [2.24, 2.45) is 0 Å². The number of fused-ring (bicyclic) bond motifs is 1. The SMILES string of the molecule is N#CC(NC1CC1)c1cc(Br)c2c(c1)OCO2. The van der Waals surface area contributed by atoms with Crippen LogP contribution in [0.25, 0.3) is 0 Å². The van der Waals surface area contributed by atoms with Crippen LogP contribution in [0.1, 0.15) is 24.4 Å². The van der Waals surface area contributed by atoms with Crippen LogP contribution < -0.4 is 14.8 Å². The van der Waals surface area contributed by atoms with Crippen molar-refractivity contribution in [3.63, 3.8) is 0 Å². The summed E-state index contributed by atoms with van der Waals surface area (Å²) in [6.45, 7) is 0.241. The average Bonchev–Trinajstić information content (AvgIpc) is 3.01. The normalized spacial score (nSPS) is 18.8. The molecule has 1 aromatic carbocycles. The summed E-state index contributed by atoms with van der Waals surface area (Å²) in [6.07, 6.45) is 2.31. The van der Waals surface area contributed by atoms with Gasteiger partial charge < -0.3 is 9.47 Å². The Morgan fingerprint density at radius 2 is 2.24 bits per heavy atom. The first-order valence-electron chi connectivity index (χ1n) is 5.52. The zero-order valence-electron chi connectivity index (χ0n) is 9.07. The van der Waals surface area contributed by atoms with E-state index in [0.717, 1.165) is 28.6 Å². The molecule has 0 amide bonds. The monoisotopic (exact) mass is 294 g/mol. The lowest BCUT2D eigenvalue weighted by atomic mass is 10.1. The summed E-state index contributed by atoms with van der Waals surface area (Å²) in [5, 5.41) is 12.5. The highest BCUT2D eigenvalue weighted by molar-refractivity contribution is 9.10. The Balaban J connectivity index is 1.91. The summed E-state index contributed by atoms with van der Waals surface area (Å²) >= 11 is 3.44. The number of nitrogens with one attached hydrogen (secondary N) is 1. The second-order valence-electron chi connectivity index (χ2n) is 4.24. The number of nitriles is 1. The lowest BCUT2D eigenvalue weighted by Crippen LogP contribution is -2.21. The molecule has 1 aromatic rings. The van der Waals surface area contributed by atoms with E-state index in [0.29, 0.717) is 11.8 Å². The molecule has 0 aromatic heterocycles. The molecule has 1 aliphatic heterocycles. The molecule has 4 nitrogen and oxygen atoms in total. The van der Waals surface area contributed by atoms with E-state index < -0.39 is 0 Å². The van der Waals surface area contributed by atoms with Crippen molar-refractivity contribution in [3.8, 4) is 17.6 Å². The lowest BCUT2D eigenvalue weighted by Gasteiger charge is -2.12. The van der Waals surface area contributed by atoms with Gasteiger partial charge in [-0.15, -0.1) is 0 Å². The van der Waals surface area contributed by atoms with Crippen LogP contribution in [0.2, 0.25) is 0 Å². The maximum atomic E-state index is 9.20. The van der Waals surface area contributed by atoms with Gasteiger partial charge in [0, 0.05) is 6.04 Å². The Hall–Kier alpha value is -1.25. The molecule has 1 heterocycles. The van der Waals surface area contributed by atoms with E-state index in [4.69, 9.17) is 9.47 Å². The van der Waals surface area contributed by atoms with E-state index in [9.17, 15) is 5.26 Å². The van der Waals surface area contributed by atoms with Gasteiger partial charge in [0.2, 0.25) is 6.79 Å². The molecule has 1 atom stereocenters. The highest BCUT2D eigenvalue weighted by Crippen LogP contribution is 2.41. The van der Waals surface area contributed by atoms with Crippen molar-refractivity contribution >= 4 is 15.9 Å². The van der Waals surface area contributed by atoms with E-state index in [1.54, 1.807) is 0 Å². The van der Waals surface area contributed by atoms with Crippen molar-refractivity contribution in [1.29, 1.82) is 5.26 Å². The zero-order chi connectivity index (χ0) is 11.8. The average molecular weight is 295 g/mol. The molecule has 3 rings (SSSR count). The fraction of sp³-hybridized carbons (Fsp3) is 0.417. The summed E-state index contributed by atoms with van der Waals surface area (Å²) in [6, 6.07) is 6.27. The first-order chi connectivity index (χ1) is 8.28. The minimum atomic E-state index is -0.284. The van der Waals surface area contributed by atoms with Crippen LogP contribution in [0.5, 0.6) is 11.5 Å². The smallest absolute Gasteiger partial charge is 0.231 e. The third-order valence-electron chi connectivity index (χ3n) is 2.89. The summed E-state index contributed by atoms with van der Waals surface area (Å²) < 4.78 is 11.5. The topological polar surface area (TPSA) is 54.3 Å². The van der Waals surface area contributed by atoms with Crippen molar-refractivity contribution in [1.82, 2.24) is 5.32 Å². The van der Waals surface area contributed by atoms with Gasteiger partial charge in [-0.25, -0.2) is 0 Å². The summed E-state index contributed by atoms with van der Waals surface area (Å²) in [7, 11) is 0. The number of benzene rings is 1. The van der Waals surface area contributed by atoms with Gasteiger partial charge in [0.05, 0.1) is 10.5 Å². The minimum absolute atomic E-state index is 0.241. The standard InChI is InChI=1S/C12H11BrN2O2/c13-9-3-7(4-11-12(9)17-6-16-11)10(5-14)15-8-1-2-8/h3-4,8,10,15H,1-2,6H2. The summed E-state index contributed by atoms with van der Waals surface area (Å²) in [4.78, 5) is 0. The lowest BCUT2D eigenvalue weighted by molar-refractivity contribution is 0.173. The van der Waals surface area contributed by atoms with Crippen molar-refractivity contribution in [2.45, 2.75) is 24.9 Å². The molecule has 0 saturated heterocycles. The predicted molar refractivity (Wildman–Crippen MR) is 64.8 cm³/mol. The Kier molecular flexibility index (Phi) is 2.69. The first kappa shape index (κ1) is 10.9. The fourth-order valence-corrected chi connectivity index (χ4v) is 2.42. The minimum Gasteiger partial charge on any atom is -0.454 e. The Bertz CT molecular complexity index is 494.